The third-order valence-electron chi connectivity index (χ3n) is 2.16. The van der Waals surface area contributed by atoms with Gasteiger partial charge in [0.1, 0.15) is 0 Å². The van der Waals surface area contributed by atoms with E-state index in [1.165, 1.54) is 21.2 Å². The van der Waals surface area contributed by atoms with Crippen molar-refractivity contribution in [1.82, 2.24) is 0 Å². The maximum Gasteiger partial charge on any atom is 0.0210 e. The van der Waals surface area contributed by atoms with Gasteiger partial charge in [0.2, 0.25) is 0 Å². The molecule has 0 amide bonds. The summed E-state index contributed by atoms with van der Waals surface area (Å²) >= 11 is 3.51. The highest BCUT2D eigenvalue weighted by Crippen LogP contribution is 2.28. The van der Waals surface area contributed by atoms with E-state index in [4.69, 9.17) is 0 Å². The minimum atomic E-state index is 1.10. The van der Waals surface area contributed by atoms with Crippen molar-refractivity contribution in [2.75, 3.05) is 0 Å². The molecule has 0 atom stereocenters. The molecule has 1 aromatic carbocycles. The molecule has 1 aliphatic carbocycles. The fourth-order valence-electron chi connectivity index (χ4n) is 1.47. The van der Waals surface area contributed by atoms with Gasteiger partial charge >= 0.3 is 0 Å². The average molecular weight is 209 g/mol. The van der Waals surface area contributed by atoms with Crippen LogP contribution in [-0.4, -0.2) is 0 Å². The van der Waals surface area contributed by atoms with E-state index in [-0.39, 0.29) is 0 Å². The van der Waals surface area contributed by atoms with Crippen LogP contribution in [0, 0.1) is 6.92 Å². The Morgan fingerprint density at radius 2 is 2.18 bits per heavy atom. The third kappa shape index (κ3) is 1.04. The van der Waals surface area contributed by atoms with Crippen LogP contribution in [-0.2, 0) is 6.42 Å². The smallest absolute Gasteiger partial charge is 0.0210 e. The summed E-state index contributed by atoms with van der Waals surface area (Å²) in [5, 5.41) is 0. The van der Waals surface area contributed by atoms with Crippen molar-refractivity contribution in [2.45, 2.75) is 13.3 Å². The molecule has 0 saturated heterocycles. The Balaban J connectivity index is 2.70. The highest BCUT2D eigenvalue weighted by Gasteiger charge is 2.08. The number of hydrogen-bond donors (Lipinski definition) is 0. The normalized spacial score (nSPS) is 13.6. The standard InChI is InChI=1S/C10H9Br/c1-7-9-4-2-3-8(9)5-6-10(7)11/h2,4-6H,3H2,1H3. The van der Waals surface area contributed by atoms with Crippen LogP contribution in [0.5, 0.6) is 0 Å². The topological polar surface area (TPSA) is 0 Å². The van der Waals surface area contributed by atoms with E-state index < -0.39 is 0 Å². The molecule has 1 aliphatic rings. The zero-order valence-corrected chi connectivity index (χ0v) is 7.98. The minimum Gasteiger partial charge on any atom is -0.0795 e. The van der Waals surface area contributed by atoms with Crippen molar-refractivity contribution >= 4 is 22.0 Å². The number of rotatable bonds is 0. The summed E-state index contributed by atoms with van der Waals surface area (Å²) in [6, 6.07) is 4.31. The lowest BCUT2D eigenvalue weighted by Crippen LogP contribution is -1.86. The Labute approximate surface area is 75.1 Å². The van der Waals surface area contributed by atoms with E-state index in [0.29, 0.717) is 0 Å². The van der Waals surface area contributed by atoms with Gasteiger partial charge in [-0.1, -0.05) is 34.1 Å². The third-order valence-corrected chi connectivity index (χ3v) is 3.02. The molecule has 0 radical (unpaired) electrons. The molecule has 0 nitrogen and oxygen atoms in total. The average Bonchev–Trinajstić information content (AvgIpc) is 2.45. The molecule has 0 saturated carbocycles. The lowest BCUT2D eigenvalue weighted by molar-refractivity contribution is 1.27. The summed E-state index contributed by atoms with van der Waals surface area (Å²) < 4.78 is 1.21. The molecule has 0 aromatic heterocycles. The molecule has 0 fully saturated rings. The van der Waals surface area contributed by atoms with Crippen molar-refractivity contribution in [3.05, 3.63) is 39.4 Å². The highest BCUT2D eigenvalue weighted by atomic mass is 79.9. The van der Waals surface area contributed by atoms with Gasteiger partial charge in [0, 0.05) is 4.47 Å². The second kappa shape index (κ2) is 2.49. The summed E-state index contributed by atoms with van der Waals surface area (Å²) in [5.41, 5.74) is 4.21. The fraction of sp³-hybridized carbons (Fsp3) is 0.200. The molecular weight excluding hydrogens is 200 g/mol. The first-order valence-corrected chi connectivity index (χ1v) is 4.53. The Morgan fingerprint density at radius 1 is 1.36 bits per heavy atom. The summed E-state index contributed by atoms with van der Waals surface area (Å²) in [6.45, 7) is 2.15. The SMILES string of the molecule is Cc1c(Br)ccc2c1C=CC2. The van der Waals surface area contributed by atoms with Gasteiger partial charge in [-0.3, -0.25) is 0 Å². The van der Waals surface area contributed by atoms with E-state index in [2.05, 4.69) is 47.1 Å². The van der Waals surface area contributed by atoms with E-state index in [9.17, 15) is 0 Å². The van der Waals surface area contributed by atoms with E-state index in [1.807, 2.05) is 0 Å². The van der Waals surface area contributed by atoms with Gasteiger partial charge in [-0.15, -0.1) is 0 Å². The van der Waals surface area contributed by atoms with Crippen LogP contribution < -0.4 is 0 Å². The first-order valence-electron chi connectivity index (χ1n) is 3.73. The first kappa shape index (κ1) is 7.11. The minimum absolute atomic E-state index is 1.10. The lowest BCUT2D eigenvalue weighted by Gasteiger charge is -2.04. The Morgan fingerprint density at radius 3 is 3.00 bits per heavy atom. The molecule has 0 bridgehead atoms. The first-order chi connectivity index (χ1) is 5.29. The number of hydrogen-bond acceptors (Lipinski definition) is 0. The molecule has 1 heteroatoms. The van der Waals surface area contributed by atoms with Crippen molar-refractivity contribution in [2.24, 2.45) is 0 Å². The van der Waals surface area contributed by atoms with Crippen LogP contribution >= 0.6 is 15.9 Å². The monoisotopic (exact) mass is 208 g/mol. The van der Waals surface area contributed by atoms with Crippen molar-refractivity contribution < 1.29 is 0 Å². The summed E-state index contributed by atoms with van der Waals surface area (Å²) in [7, 11) is 0. The van der Waals surface area contributed by atoms with Crippen molar-refractivity contribution in [1.29, 1.82) is 0 Å². The second-order valence-electron chi connectivity index (χ2n) is 2.85. The lowest BCUT2D eigenvalue weighted by atomic mass is 10.1. The summed E-state index contributed by atoms with van der Waals surface area (Å²) in [6.07, 6.45) is 5.52. The summed E-state index contributed by atoms with van der Waals surface area (Å²) in [5.74, 6) is 0. The Kier molecular flexibility index (Phi) is 1.61. The molecule has 0 heterocycles. The maximum atomic E-state index is 3.51. The van der Waals surface area contributed by atoms with Gasteiger partial charge in [-0.2, -0.15) is 0 Å². The van der Waals surface area contributed by atoms with Crippen LogP contribution in [0.4, 0.5) is 0 Å². The molecule has 2 rings (SSSR count). The quantitative estimate of drug-likeness (QED) is 0.614. The molecule has 0 spiro atoms. The zero-order valence-electron chi connectivity index (χ0n) is 6.39. The van der Waals surface area contributed by atoms with Crippen LogP contribution in [0.1, 0.15) is 16.7 Å². The zero-order chi connectivity index (χ0) is 7.84. The molecule has 0 unspecified atom stereocenters. The van der Waals surface area contributed by atoms with Crippen LogP contribution in [0.3, 0.4) is 0 Å². The fourth-order valence-corrected chi connectivity index (χ4v) is 1.82. The van der Waals surface area contributed by atoms with E-state index >= 15 is 0 Å². The molecule has 1 aromatic rings. The Hall–Kier alpha value is -0.560. The number of halogens is 1. The number of fused-ring (bicyclic) bond motifs is 1. The van der Waals surface area contributed by atoms with E-state index in [0.717, 1.165) is 6.42 Å². The Bertz CT molecular complexity index is 324. The van der Waals surface area contributed by atoms with Crippen molar-refractivity contribution in [3.8, 4) is 0 Å². The van der Waals surface area contributed by atoms with Crippen LogP contribution in [0.25, 0.3) is 6.08 Å². The molecule has 11 heavy (non-hydrogen) atoms. The number of allylic oxidation sites excluding steroid dienone is 1. The molecule has 0 aliphatic heterocycles. The highest BCUT2D eigenvalue weighted by molar-refractivity contribution is 9.10. The largest absolute Gasteiger partial charge is 0.0795 e. The van der Waals surface area contributed by atoms with Crippen LogP contribution in [0.2, 0.25) is 0 Å². The van der Waals surface area contributed by atoms with Gasteiger partial charge in [0.25, 0.3) is 0 Å². The van der Waals surface area contributed by atoms with Gasteiger partial charge < -0.3 is 0 Å². The second-order valence-corrected chi connectivity index (χ2v) is 3.71. The predicted octanol–water partition coefficient (Wildman–Crippen LogP) is 3.33. The van der Waals surface area contributed by atoms with Crippen molar-refractivity contribution in [3.63, 3.8) is 0 Å². The summed E-state index contributed by atoms with van der Waals surface area (Å²) in [4.78, 5) is 0. The maximum absolute atomic E-state index is 3.51. The van der Waals surface area contributed by atoms with E-state index in [1.54, 1.807) is 0 Å². The molecule has 56 valence electrons. The predicted molar refractivity (Wildman–Crippen MR) is 51.6 cm³/mol. The van der Waals surface area contributed by atoms with Gasteiger partial charge in [0.05, 0.1) is 0 Å². The van der Waals surface area contributed by atoms with Gasteiger partial charge in [0.15, 0.2) is 0 Å². The molecular formula is C10H9Br. The van der Waals surface area contributed by atoms with Gasteiger partial charge in [-0.05, 0) is 36.1 Å². The molecule has 0 N–H and O–H groups in total. The van der Waals surface area contributed by atoms with Crippen LogP contribution in [0.15, 0.2) is 22.7 Å². The number of benzene rings is 1. The van der Waals surface area contributed by atoms with Gasteiger partial charge in [-0.25, -0.2) is 0 Å².